The van der Waals surface area contributed by atoms with Gasteiger partial charge in [-0.1, -0.05) is 29.8 Å². The zero-order valence-corrected chi connectivity index (χ0v) is 16.1. The second-order valence-corrected chi connectivity index (χ2v) is 6.31. The summed E-state index contributed by atoms with van der Waals surface area (Å²) in [5, 5.41) is 7.60. The molecule has 1 N–H and O–H groups in total. The molecule has 28 heavy (non-hydrogen) atoms. The van der Waals surface area contributed by atoms with Crippen molar-refractivity contribution >= 4 is 35.4 Å². The third kappa shape index (κ3) is 4.50. The van der Waals surface area contributed by atoms with Crippen molar-refractivity contribution in [2.45, 2.75) is 13.5 Å². The first-order valence-corrected chi connectivity index (χ1v) is 8.78. The second-order valence-electron chi connectivity index (χ2n) is 5.90. The first kappa shape index (κ1) is 19.4. The lowest BCUT2D eigenvalue weighted by Gasteiger charge is -2.09. The van der Waals surface area contributed by atoms with Gasteiger partial charge in [0.1, 0.15) is 22.9 Å². The molecule has 0 spiro atoms. The van der Waals surface area contributed by atoms with E-state index in [-0.39, 0.29) is 5.91 Å². The molecule has 0 saturated heterocycles. The first-order chi connectivity index (χ1) is 13.5. The van der Waals surface area contributed by atoms with Crippen LogP contribution in [0.4, 0.5) is 5.82 Å². The van der Waals surface area contributed by atoms with Gasteiger partial charge in [-0.3, -0.25) is 4.79 Å². The Kier molecular flexibility index (Phi) is 5.96. The molecule has 3 aromatic rings. The van der Waals surface area contributed by atoms with E-state index in [1.54, 1.807) is 29.9 Å². The molecule has 3 rings (SSSR count). The number of methoxy groups -OCH3 is 1. The van der Waals surface area contributed by atoms with E-state index < -0.39 is 5.97 Å². The maximum atomic E-state index is 12.2. The molecule has 7 nitrogen and oxygen atoms in total. The summed E-state index contributed by atoms with van der Waals surface area (Å²) in [6.07, 6.45) is 4.38. The summed E-state index contributed by atoms with van der Waals surface area (Å²) in [7, 11) is 1.30. The lowest BCUT2D eigenvalue weighted by Crippen LogP contribution is -2.13. The van der Waals surface area contributed by atoms with Gasteiger partial charge in [-0.05, 0) is 30.7 Å². The Morgan fingerprint density at radius 2 is 2.11 bits per heavy atom. The smallest absolute Gasteiger partial charge is 0.341 e. The van der Waals surface area contributed by atoms with Gasteiger partial charge in [0, 0.05) is 17.2 Å². The Morgan fingerprint density at radius 1 is 1.32 bits per heavy atom. The van der Waals surface area contributed by atoms with Crippen molar-refractivity contribution < 1.29 is 18.7 Å². The van der Waals surface area contributed by atoms with Crippen molar-refractivity contribution in [2.24, 2.45) is 0 Å². The topological polar surface area (TPSA) is 86.4 Å². The number of aromatic nitrogens is 2. The Morgan fingerprint density at radius 3 is 2.86 bits per heavy atom. The standard InChI is InChI=1S/C20H18ClN3O4/c1-13-16(20(26)27-2)11-15(28-13)7-8-19(25)23-18-9-10-22-24(18)12-14-5-3-4-6-17(14)21/h3-11H,12H2,1-2H3,(H,23,25)/b8-7+. The van der Waals surface area contributed by atoms with Crippen LogP contribution in [0.25, 0.3) is 6.08 Å². The molecular formula is C20H18ClN3O4. The summed E-state index contributed by atoms with van der Waals surface area (Å²) in [6, 6.07) is 10.6. The summed E-state index contributed by atoms with van der Waals surface area (Å²) in [5.74, 6) is 0.464. The van der Waals surface area contributed by atoms with E-state index in [4.69, 9.17) is 16.0 Å². The number of aryl methyl sites for hydroxylation is 1. The number of esters is 1. The van der Waals surface area contributed by atoms with Gasteiger partial charge in [0.05, 0.1) is 19.9 Å². The highest BCUT2D eigenvalue weighted by atomic mass is 35.5. The number of amides is 1. The van der Waals surface area contributed by atoms with E-state index in [2.05, 4.69) is 15.2 Å². The van der Waals surface area contributed by atoms with E-state index in [1.807, 2.05) is 18.2 Å². The fraction of sp³-hybridized carbons (Fsp3) is 0.150. The number of nitrogens with zero attached hydrogens (tertiary/aromatic N) is 2. The van der Waals surface area contributed by atoms with Crippen LogP contribution in [0.2, 0.25) is 5.02 Å². The van der Waals surface area contributed by atoms with E-state index >= 15 is 0 Å². The maximum Gasteiger partial charge on any atom is 0.341 e. The van der Waals surface area contributed by atoms with Crippen LogP contribution in [0.3, 0.4) is 0 Å². The molecule has 8 heteroatoms. The van der Waals surface area contributed by atoms with Gasteiger partial charge < -0.3 is 14.5 Å². The molecule has 0 aliphatic rings. The number of nitrogens with one attached hydrogen (secondary N) is 1. The summed E-state index contributed by atoms with van der Waals surface area (Å²) in [5.41, 5.74) is 1.21. The van der Waals surface area contributed by atoms with Crippen LogP contribution in [-0.4, -0.2) is 28.8 Å². The lowest BCUT2D eigenvalue weighted by atomic mass is 10.2. The molecule has 0 bridgehead atoms. The van der Waals surface area contributed by atoms with Gasteiger partial charge in [-0.2, -0.15) is 5.10 Å². The minimum Gasteiger partial charge on any atom is -0.465 e. The molecule has 1 aromatic carbocycles. The third-order valence-corrected chi connectivity index (χ3v) is 4.36. The van der Waals surface area contributed by atoms with Crippen LogP contribution in [0, 0.1) is 6.92 Å². The number of benzene rings is 1. The highest BCUT2D eigenvalue weighted by Crippen LogP contribution is 2.19. The van der Waals surface area contributed by atoms with Gasteiger partial charge in [0.15, 0.2) is 0 Å². The minimum absolute atomic E-state index is 0.320. The van der Waals surface area contributed by atoms with Crippen molar-refractivity contribution in [3.63, 3.8) is 0 Å². The Balaban J connectivity index is 1.68. The van der Waals surface area contributed by atoms with Gasteiger partial charge >= 0.3 is 5.97 Å². The molecule has 0 aliphatic carbocycles. The van der Waals surface area contributed by atoms with E-state index in [0.717, 1.165) is 5.56 Å². The van der Waals surface area contributed by atoms with Crippen LogP contribution in [0.1, 0.15) is 27.4 Å². The average molecular weight is 400 g/mol. The molecule has 2 heterocycles. The third-order valence-electron chi connectivity index (χ3n) is 3.99. The van der Waals surface area contributed by atoms with Crippen LogP contribution >= 0.6 is 11.6 Å². The highest BCUT2D eigenvalue weighted by Gasteiger charge is 2.14. The van der Waals surface area contributed by atoms with Gasteiger partial charge in [0.2, 0.25) is 5.91 Å². The minimum atomic E-state index is -0.492. The number of rotatable bonds is 6. The fourth-order valence-electron chi connectivity index (χ4n) is 2.58. The summed E-state index contributed by atoms with van der Waals surface area (Å²) >= 11 is 6.18. The van der Waals surface area contributed by atoms with Gasteiger partial charge in [0.25, 0.3) is 0 Å². The number of hydrogen-bond donors (Lipinski definition) is 1. The molecule has 0 fully saturated rings. The number of hydrogen-bond acceptors (Lipinski definition) is 5. The largest absolute Gasteiger partial charge is 0.465 e. The molecule has 2 aromatic heterocycles. The molecular weight excluding hydrogens is 382 g/mol. The molecule has 0 atom stereocenters. The normalized spacial score (nSPS) is 11.0. The van der Waals surface area contributed by atoms with Crippen molar-refractivity contribution in [1.29, 1.82) is 0 Å². The Labute approximate surface area is 166 Å². The zero-order chi connectivity index (χ0) is 20.1. The van der Waals surface area contributed by atoms with Gasteiger partial charge in [-0.15, -0.1) is 0 Å². The molecule has 0 unspecified atom stereocenters. The molecule has 1 amide bonds. The van der Waals surface area contributed by atoms with Gasteiger partial charge in [-0.25, -0.2) is 9.48 Å². The van der Waals surface area contributed by atoms with Crippen LogP contribution in [-0.2, 0) is 16.1 Å². The fourth-order valence-corrected chi connectivity index (χ4v) is 2.77. The van der Waals surface area contributed by atoms with E-state index in [0.29, 0.717) is 34.5 Å². The Hall–Kier alpha value is -3.32. The van der Waals surface area contributed by atoms with Crippen molar-refractivity contribution in [3.05, 3.63) is 76.3 Å². The van der Waals surface area contributed by atoms with Crippen molar-refractivity contribution in [3.8, 4) is 0 Å². The number of furan rings is 1. The van der Waals surface area contributed by atoms with E-state index in [9.17, 15) is 9.59 Å². The molecule has 0 saturated carbocycles. The summed E-state index contributed by atoms with van der Waals surface area (Å²) < 4.78 is 11.8. The number of anilines is 1. The molecule has 144 valence electrons. The number of halogens is 1. The second kappa shape index (κ2) is 8.58. The average Bonchev–Trinajstić information content (AvgIpc) is 3.27. The van der Waals surface area contributed by atoms with Crippen LogP contribution < -0.4 is 5.32 Å². The highest BCUT2D eigenvalue weighted by molar-refractivity contribution is 6.31. The van der Waals surface area contributed by atoms with Crippen molar-refractivity contribution in [2.75, 3.05) is 12.4 Å². The predicted molar refractivity (Wildman–Crippen MR) is 105 cm³/mol. The van der Waals surface area contributed by atoms with E-state index in [1.165, 1.54) is 25.3 Å². The molecule has 0 aliphatic heterocycles. The van der Waals surface area contributed by atoms with Crippen molar-refractivity contribution in [1.82, 2.24) is 9.78 Å². The van der Waals surface area contributed by atoms with Crippen LogP contribution in [0.15, 0.2) is 53.1 Å². The number of carbonyl (C=O) groups excluding carboxylic acids is 2. The molecule has 0 radical (unpaired) electrons. The summed E-state index contributed by atoms with van der Waals surface area (Å²) in [4.78, 5) is 23.8. The van der Waals surface area contributed by atoms with Crippen LogP contribution in [0.5, 0.6) is 0 Å². The summed E-state index contributed by atoms with van der Waals surface area (Å²) in [6.45, 7) is 2.07. The number of carbonyl (C=O) groups is 2. The SMILES string of the molecule is COC(=O)c1cc(/C=C/C(=O)Nc2ccnn2Cc2ccccc2Cl)oc1C. The Bertz CT molecular complexity index is 1040. The monoisotopic (exact) mass is 399 g/mol. The first-order valence-electron chi connectivity index (χ1n) is 8.41. The number of ether oxygens (including phenoxy) is 1. The zero-order valence-electron chi connectivity index (χ0n) is 15.3. The lowest BCUT2D eigenvalue weighted by molar-refractivity contribution is -0.111. The quantitative estimate of drug-likeness (QED) is 0.501. The maximum absolute atomic E-state index is 12.2. The predicted octanol–water partition coefficient (Wildman–Crippen LogP) is 3.92.